The highest BCUT2D eigenvalue weighted by molar-refractivity contribution is 7.89. The van der Waals surface area contributed by atoms with Gasteiger partial charge in [-0.15, -0.1) is 11.3 Å². The molecule has 2 aromatic carbocycles. The standard InChI is InChI=1S/C22H22ClFN2O4S2/c1-4-14-5-7-16(12-17(14)22(27)30-3)32(28,29)25-10-9-20-13(2)31-21(26-20)15-6-8-19(24)18(23)11-15/h5-8,11-12,25H,4,9-10H2,1-3H3. The van der Waals surface area contributed by atoms with Gasteiger partial charge < -0.3 is 4.74 Å². The van der Waals surface area contributed by atoms with Gasteiger partial charge in [-0.2, -0.15) is 0 Å². The molecule has 0 fully saturated rings. The zero-order valence-electron chi connectivity index (χ0n) is 17.7. The SMILES string of the molecule is CCc1ccc(S(=O)(=O)NCCc2nc(-c3ccc(F)c(Cl)c3)sc2C)cc1C(=O)OC. The van der Waals surface area contributed by atoms with Crippen molar-refractivity contribution in [3.8, 4) is 10.6 Å². The van der Waals surface area contributed by atoms with Crippen LogP contribution in [0.25, 0.3) is 10.6 Å². The summed E-state index contributed by atoms with van der Waals surface area (Å²) in [7, 11) is -2.57. The van der Waals surface area contributed by atoms with E-state index in [0.717, 1.165) is 10.6 Å². The van der Waals surface area contributed by atoms with Crippen molar-refractivity contribution in [2.75, 3.05) is 13.7 Å². The molecule has 10 heteroatoms. The smallest absolute Gasteiger partial charge is 0.338 e. The molecule has 3 rings (SSSR count). The van der Waals surface area contributed by atoms with Crippen molar-refractivity contribution in [3.63, 3.8) is 0 Å². The molecule has 0 saturated heterocycles. The second-order valence-corrected chi connectivity index (χ2v) is 10.3. The Bertz CT molecular complexity index is 1260. The first-order valence-corrected chi connectivity index (χ1v) is 12.5. The average molecular weight is 497 g/mol. The Balaban J connectivity index is 1.73. The van der Waals surface area contributed by atoms with Crippen molar-refractivity contribution in [1.82, 2.24) is 9.71 Å². The van der Waals surface area contributed by atoms with Crippen LogP contribution in [0.3, 0.4) is 0 Å². The van der Waals surface area contributed by atoms with Crippen LogP contribution < -0.4 is 4.72 Å². The molecule has 1 aromatic heterocycles. The molecule has 0 saturated carbocycles. The second kappa shape index (κ2) is 10.1. The van der Waals surface area contributed by atoms with Gasteiger partial charge in [-0.1, -0.05) is 24.6 Å². The molecule has 0 spiro atoms. The maximum absolute atomic E-state index is 13.4. The van der Waals surface area contributed by atoms with E-state index in [9.17, 15) is 17.6 Å². The predicted octanol–water partition coefficient (Wildman–Crippen LogP) is 4.78. The molecule has 0 aliphatic carbocycles. The van der Waals surface area contributed by atoms with Crippen LogP contribution >= 0.6 is 22.9 Å². The fraction of sp³-hybridized carbons (Fsp3) is 0.273. The Morgan fingerprint density at radius 1 is 1.25 bits per heavy atom. The Morgan fingerprint density at radius 2 is 2.00 bits per heavy atom. The van der Waals surface area contributed by atoms with E-state index < -0.39 is 21.8 Å². The number of nitrogens with zero attached hydrogens (tertiary/aromatic N) is 1. The molecule has 0 atom stereocenters. The van der Waals surface area contributed by atoms with Crippen LogP contribution in [0.2, 0.25) is 5.02 Å². The number of hydrogen-bond donors (Lipinski definition) is 1. The molecular weight excluding hydrogens is 475 g/mol. The number of aromatic nitrogens is 1. The molecule has 0 unspecified atom stereocenters. The number of nitrogens with one attached hydrogen (secondary N) is 1. The van der Waals surface area contributed by atoms with E-state index in [1.807, 2.05) is 13.8 Å². The van der Waals surface area contributed by atoms with Crippen molar-refractivity contribution in [1.29, 1.82) is 0 Å². The van der Waals surface area contributed by atoms with Crippen molar-refractivity contribution in [2.24, 2.45) is 0 Å². The lowest BCUT2D eigenvalue weighted by Gasteiger charge is -2.10. The third kappa shape index (κ3) is 5.35. The van der Waals surface area contributed by atoms with Gasteiger partial charge in [-0.3, -0.25) is 0 Å². The minimum Gasteiger partial charge on any atom is -0.465 e. The summed E-state index contributed by atoms with van der Waals surface area (Å²) < 4.78 is 46.2. The van der Waals surface area contributed by atoms with Crippen LogP contribution in [-0.4, -0.2) is 33.0 Å². The minimum absolute atomic E-state index is 0.00765. The third-order valence-corrected chi connectivity index (χ3v) is 7.70. The van der Waals surface area contributed by atoms with Gasteiger partial charge in [0, 0.05) is 23.4 Å². The van der Waals surface area contributed by atoms with Crippen molar-refractivity contribution < 1.29 is 22.3 Å². The molecular formula is C22H22ClFN2O4S2. The number of thiazole rings is 1. The molecule has 0 amide bonds. The summed E-state index contributed by atoms with van der Waals surface area (Å²) in [6.45, 7) is 3.89. The maximum Gasteiger partial charge on any atom is 0.338 e. The summed E-state index contributed by atoms with van der Waals surface area (Å²) in [6, 6.07) is 8.82. The van der Waals surface area contributed by atoms with Gasteiger partial charge in [0.2, 0.25) is 10.0 Å². The van der Waals surface area contributed by atoms with E-state index in [-0.39, 0.29) is 22.0 Å². The largest absolute Gasteiger partial charge is 0.465 e. The zero-order chi connectivity index (χ0) is 23.5. The van der Waals surface area contributed by atoms with Gasteiger partial charge >= 0.3 is 5.97 Å². The van der Waals surface area contributed by atoms with E-state index in [2.05, 4.69) is 9.71 Å². The number of rotatable bonds is 8. The van der Waals surface area contributed by atoms with E-state index in [1.54, 1.807) is 12.1 Å². The Kier molecular flexibility index (Phi) is 7.66. The lowest BCUT2D eigenvalue weighted by molar-refractivity contribution is 0.0599. The second-order valence-electron chi connectivity index (χ2n) is 6.96. The van der Waals surface area contributed by atoms with Gasteiger partial charge in [0.1, 0.15) is 10.8 Å². The van der Waals surface area contributed by atoms with Crippen LogP contribution in [0.4, 0.5) is 4.39 Å². The number of benzene rings is 2. The van der Waals surface area contributed by atoms with Gasteiger partial charge in [0.15, 0.2) is 0 Å². The predicted molar refractivity (Wildman–Crippen MR) is 123 cm³/mol. The summed E-state index contributed by atoms with van der Waals surface area (Å²) in [5.74, 6) is -1.08. The van der Waals surface area contributed by atoms with E-state index in [4.69, 9.17) is 16.3 Å². The highest BCUT2D eigenvalue weighted by Crippen LogP contribution is 2.30. The highest BCUT2D eigenvalue weighted by atomic mass is 35.5. The molecule has 0 aliphatic heterocycles. The van der Waals surface area contributed by atoms with Crippen LogP contribution in [0.1, 0.15) is 33.4 Å². The van der Waals surface area contributed by atoms with Crippen LogP contribution in [-0.2, 0) is 27.6 Å². The third-order valence-electron chi connectivity index (χ3n) is 4.89. The molecule has 0 bridgehead atoms. The molecule has 6 nitrogen and oxygen atoms in total. The number of esters is 1. The van der Waals surface area contributed by atoms with Crippen molar-refractivity contribution in [2.45, 2.75) is 31.6 Å². The number of carbonyl (C=O) groups excluding carboxylic acids is 1. The maximum atomic E-state index is 13.4. The van der Waals surface area contributed by atoms with Gasteiger partial charge in [0.25, 0.3) is 0 Å². The highest BCUT2D eigenvalue weighted by Gasteiger charge is 2.19. The summed E-state index contributed by atoms with van der Waals surface area (Å²) in [5, 5.41) is 0.699. The number of aryl methyl sites for hydroxylation is 2. The molecule has 0 radical (unpaired) electrons. The molecule has 3 aromatic rings. The number of ether oxygens (including phenoxy) is 1. The Labute approximate surface area is 195 Å². The molecule has 0 aliphatic rings. The topological polar surface area (TPSA) is 85.4 Å². The summed E-state index contributed by atoms with van der Waals surface area (Å²) in [5.41, 5.74) is 2.38. The Morgan fingerprint density at radius 3 is 2.66 bits per heavy atom. The number of carbonyl (C=O) groups is 1. The molecule has 1 heterocycles. The van der Waals surface area contributed by atoms with Crippen molar-refractivity contribution in [3.05, 3.63) is 68.9 Å². The van der Waals surface area contributed by atoms with E-state index >= 15 is 0 Å². The number of methoxy groups -OCH3 is 1. The number of halogens is 2. The van der Waals surface area contributed by atoms with E-state index in [0.29, 0.717) is 29.0 Å². The van der Waals surface area contributed by atoms with Crippen LogP contribution in [0.5, 0.6) is 0 Å². The Hall–Kier alpha value is -2.33. The van der Waals surface area contributed by atoms with Gasteiger partial charge in [-0.25, -0.2) is 27.3 Å². The van der Waals surface area contributed by atoms with Crippen molar-refractivity contribution >= 4 is 38.9 Å². The van der Waals surface area contributed by atoms with Gasteiger partial charge in [-0.05, 0) is 49.2 Å². The average Bonchev–Trinajstić information content (AvgIpc) is 3.14. The number of sulfonamides is 1. The first-order valence-electron chi connectivity index (χ1n) is 9.79. The zero-order valence-corrected chi connectivity index (χ0v) is 20.1. The van der Waals surface area contributed by atoms with Crippen LogP contribution in [0.15, 0.2) is 41.3 Å². The lowest BCUT2D eigenvalue weighted by atomic mass is 10.1. The molecule has 170 valence electrons. The summed E-state index contributed by atoms with van der Waals surface area (Å²) in [4.78, 5) is 17.5. The molecule has 32 heavy (non-hydrogen) atoms. The van der Waals surface area contributed by atoms with E-state index in [1.165, 1.54) is 42.7 Å². The quantitative estimate of drug-likeness (QED) is 0.453. The summed E-state index contributed by atoms with van der Waals surface area (Å²) >= 11 is 7.28. The fourth-order valence-electron chi connectivity index (χ4n) is 3.13. The fourth-order valence-corrected chi connectivity index (χ4v) is 5.33. The van der Waals surface area contributed by atoms with Crippen LogP contribution in [0, 0.1) is 12.7 Å². The monoisotopic (exact) mass is 496 g/mol. The molecule has 1 N–H and O–H groups in total. The minimum atomic E-state index is -3.83. The number of hydrogen-bond acceptors (Lipinski definition) is 6. The first kappa shape index (κ1) is 24.3. The lowest BCUT2D eigenvalue weighted by Crippen LogP contribution is -2.26. The first-order chi connectivity index (χ1) is 15.2. The summed E-state index contributed by atoms with van der Waals surface area (Å²) in [6.07, 6.45) is 0.941. The van der Waals surface area contributed by atoms with Gasteiger partial charge in [0.05, 0.1) is 28.3 Å². The normalized spacial score (nSPS) is 11.5.